The number of aryl methyl sites for hydroxylation is 1. The third kappa shape index (κ3) is 4.53. The number of amides is 3. The lowest BCUT2D eigenvalue weighted by Gasteiger charge is -2.21. The molecule has 0 saturated carbocycles. The van der Waals surface area contributed by atoms with Gasteiger partial charge in [0.25, 0.3) is 5.91 Å². The molecule has 5 heteroatoms. The minimum absolute atomic E-state index is 0.0722. The first-order valence-electron chi connectivity index (χ1n) is 9.93. The zero-order chi connectivity index (χ0) is 19.9. The number of urea groups is 1. The van der Waals surface area contributed by atoms with Gasteiger partial charge in [-0.1, -0.05) is 49.4 Å². The average molecular weight is 380 g/mol. The van der Waals surface area contributed by atoms with Crippen molar-refractivity contribution in [1.29, 1.82) is 0 Å². The molecular weight excluding hydrogens is 352 g/mol. The Bertz CT molecular complexity index is 789. The number of ether oxygens (including phenoxy) is 1. The Kier molecular flexibility index (Phi) is 6.69. The molecule has 2 aromatic rings. The summed E-state index contributed by atoms with van der Waals surface area (Å²) in [5, 5.41) is 0. The molecule has 148 valence electrons. The van der Waals surface area contributed by atoms with Crippen LogP contribution < -0.4 is 4.74 Å². The maximum atomic E-state index is 13.0. The van der Waals surface area contributed by atoms with Crippen molar-refractivity contribution in [2.45, 2.75) is 45.2 Å². The highest BCUT2D eigenvalue weighted by molar-refractivity contribution is 6.04. The van der Waals surface area contributed by atoms with Crippen molar-refractivity contribution < 1.29 is 14.3 Å². The second-order valence-electron chi connectivity index (χ2n) is 7.14. The van der Waals surface area contributed by atoms with Crippen LogP contribution in [-0.4, -0.2) is 41.4 Å². The van der Waals surface area contributed by atoms with Gasteiger partial charge in [0.05, 0.1) is 13.7 Å². The third-order valence-electron chi connectivity index (χ3n) is 5.15. The molecule has 1 fully saturated rings. The van der Waals surface area contributed by atoms with Gasteiger partial charge in [-0.05, 0) is 48.9 Å². The second-order valence-corrected chi connectivity index (χ2v) is 7.14. The fourth-order valence-corrected chi connectivity index (χ4v) is 3.67. The van der Waals surface area contributed by atoms with E-state index in [1.165, 1.54) is 10.5 Å². The van der Waals surface area contributed by atoms with Crippen LogP contribution in [-0.2, 0) is 17.8 Å². The van der Waals surface area contributed by atoms with Crippen molar-refractivity contribution in [2.24, 2.45) is 0 Å². The van der Waals surface area contributed by atoms with E-state index < -0.39 is 0 Å². The Morgan fingerprint density at radius 2 is 1.68 bits per heavy atom. The van der Waals surface area contributed by atoms with Gasteiger partial charge < -0.3 is 9.64 Å². The zero-order valence-electron chi connectivity index (χ0n) is 16.6. The molecule has 0 bridgehead atoms. The van der Waals surface area contributed by atoms with Gasteiger partial charge in [0.1, 0.15) is 11.8 Å². The average Bonchev–Trinajstić information content (AvgIpc) is 2.94. The van der Waals surface area contributed by atoms with Crippen molar-refractivity contribution in [3.8, 4) is 5.75 Å². The highest BCUT2D eigenvalue weighted by atomic mass is 16.5. The molecule has 2 aromatic carbocycles. The summed E-state index contributed by atoms with van der Waals surface area (Å²) in [6.07, 6.45) is 3.26. The monoisotopic (exact) mass is 380 g/mol. The molecule has 1 heterocycles. The SMILES string of the molecule is CCCN1C(=O)N(Cc2ccccc2)C(=O)C1CCCc1ccc(OC)cc1. The molecule has 1 atom stereocenters. The van der Waals surface area contributed by atoms with E-state index in [1.807, 2.05) is 61.5 Å². The van der Waals surface area contributed by atoms with Crippen LogP contribution in [0.25, 0.3) is 0 Å². The molecule has 0 radical (unpaired) electrons. The fourth-order valence-electron chi connectivity index (χ4n) is 3.67. The summed E-state index contributed by atoms with van der Waals surface area (Å²) in [7, 11) is 1.65. The fraction of sp³-hybridized carbons (Fsp3) is 0.391. The summed E-state index contributed by atoms with van der Waals surface area (Å²) in [6, 6.07) is 17.2. The van der Waals surface area contributed by atoms with E-state index in [4.69, 9.17) is 4.74 Å². The minimum Gasteiger partial charge on any atom is -0.497 e. The number of nitrogens with zero attached hydrogens (tertiary/aromatic N) is 2. The van der Waals surface area contributed by atoms with Crippen molar-refractivity contribution in [3.63, 3.8) is 0 Å². The zero-order valence-corrected chi connectivity index (χ0v) is 16.6. The van der Waals surface area contributed by atoms with Crippen molar-refractivity contribution in [2.75, 3.05) is 13.7 Å². The number of methoxy groups -OCH3 is 1. The Morgan fingerprint density at radius 3 is 2.32 bits per heavy atom. The van der Waals surface area contributed by atoms with Crippen LogP contribution >= 0.6 is 0 Å². The first-order valence-corrected chi connectivity index (χ1v) is 9.93. The standard InChI is InChI=1S/C23H28N2O3/c1-3-16-24-21(11-7-10-18-12-14-20(28-2)15-13-18)22(26)25(23(24)27)17-19-8-5-4-6-9-19/h4-6,8-9,12-15,21H,3,7,10-11,16-17H2,1-2H3. The molecule has 3 rings (SSSR count). The summed E-state index contributed by atoms with van der Waals surface area (Å²) < 4.78 is 5.19. The van der Waals surface area contributed by atoms with Gasteiger partial charge in [-0.3, -0.25) is 9.69 Å². The van der Waals surface area contributed by atoms with Crippen LogP contribution in [0.5, 0.6) is 5.75 Å². The highest BCUT2D eigenvalue weighted by Crippen LogP contribution is 2.24. The Hall–Kier alpha value is -2.82. The van der Waals surface area contributed by atoms with Crippen LogP contribution in [0.3, 0.4) is 0 Å². The summed E-state index contributed by atoms with van der Waals surface area (Å²) in [4.78, 5) is 29.0. The molecule has 0 N–H and O–H groups in total. The maximum Gasteiger partial charge on any atom is 0.327 e. The number of imide groups is 1. The van der Waals surface area contributed by atoms with Gasteiger partial charge >= 0.3 is 6.03 Å². The third-order valence-corrected chi connectivity index (χ3v) is 5.15. The Morgan fingerprint density at radius 1 is 0.964 bits per heavy atom. The van der Waals surface area contributed by atoms with Crippen LogP contribution in [0.1, 0.15) is 37.3 Å². The molecule has 0 aromatic heterocycles. The van der Waals surface area contributed by atoms with E-state index in [-0.39, 0.29) is 18.0 Å². The summed E-state index contributed by atoms with van der Waals surface area (Å²) >= 11 is 0. The number of carbonyl (C=O) groups excluding carboxylic acids is 2. The van der Waals surface area contributed by atoms with Crippen molar-refractivity contribution >= 4 is 11.9 Å². The number of benzene rings is 2. The number of rotatable bonds is 9. The molecule has 5 nitrogen and oxygen atoms in total. The molecule has 0 spiro atoms. The molecule has 1 unspecified atom stereocenters. The topological polar surface area (TPSA) is 49.9 Å². The van der Waals surface area contributed by atoms with Gasteiger partial charge in [0.15, 0.2) is 0 Å². The van der Waals surface area contributed by atoms with Gasteiger partial charge in [-0.25, -0.2) is 4.79 Å². The predicted molar refractivity (Wildman–Crippen MR) is 109 cm³/mol. The van der Waals surface area contributed by atoms with Gasteiger partial charge in [-0.15, -0.1) is 0 Å². The summed E-state index contributed by atoms with van der Waals surface area (Å²) in [6.45, 7) is 2.99. The smallest absolute Gasteiger partial charge is 0.327 e. The number of hydrogen-bond donors (Lipinski definition) is 0. The van der Waals surface area contributed by atoms with Crippen LogP contribution in [0.15, 0.2) is 54.6 Å². The molecule has 3 amide bonds. The molecule has 1 aliphatic heterocycles. The van der Waals surface area contributed by atoms with E-state index in [0.717, 1.165) is 30.6 Å². The van der Waals surface area contributed by atoms with E-state index in [9.17, 15) is 9.59 Å². The first-order chi connectivity index (χ1) is 13.6. The van der Waals surface area contributed by atoms with E-state index in [0.29, 0.717) is 19.5 Å². The van der Waals surface area contributed by atoms with Gasteiger partial charge in [-0.2, -0.15) is 0 Å². The summed E-state index contributed by atoms with van der Waals surface area (Å²) in [5.74, 6) is 0.767. The molecule has 28 heavy (non-hydrogen) atoms. The van der Waals surface area contributed by atoms with Crippen molar-refractivity contribution in [1.82, 2.24) is 9.80 Å². The van der Waals surface area contributed by atoms with Gasteiger partial charge in [0.2, 0.25) is 0 Å². The van der Waals surface area contributed by atoms with Crippen LogP contribution in [0.4, 0.5) is 4.79 Å². The minimum atomic E-state index is -0.352. The van der Waals surface area contributed by atoms with Gasteiger partial charge in [0, 0.05) is 6.54 Å². The van der Waals surface area contributed by atoms with Crippen LogP contribution in [0.2, 0.25) is 0 Å². The summed E-state index contributed by atoms with van der Waals surface area (Å²) in [5.41, 5.74) is 2.18. The predicted octanol–water partition coefficient (Wildman–Crippen LogP) is 4.26. The number of carbonyl (C=O) groups is 2. The second kappa shape index (κ2) is 9.40. The van der Waals surface area contributed by atoms with E-state index >= 15 is 0 Å². The lowest BCUT2D eigenvalue weighted by atomic mass is 10.0. The molecule has 1 aliphatic rings. The Labute approximate surface area is 166 Å². The lowest BCUT2D eigenvalue weighted by molar-refractivity contribution is -0.128. The molecular formula is C23H28N2O3. The molecule has 0 aliphatic carbocycles. The highest BCUT2D eigenvalue weighted by Gasteiger charge is 2.43. The number of hydrogen-bond acceptors (Lipinski definition) is 3. The van der Waals surface area contributed by atoms with E-state index in [2.05, 4.69) is 0 Å². The first kappa shape index (κ1) is 19.9. The largest absolute Gasteiger partial charge is 0.497 e. The Balaban J connectivity index is 1.63. The van der Waals surface area contributed by atoms with Crippen LogP contribution in [0, 0.1) is 0 Å². The normalized spacial score (nSPS) is 16.7. The van der Waals surface area contributed by atoms with E-state index in [1.54, 1.807) is 12.0 Å². The maximum absolute atomic E-state index is 13.0. The quantitative estimate of drug-likeness (QED) is 0.611. The van der Waals surface area contributed by atoms with Crippen molar-refractivity contribution in [3.05, 3.63) is 65.7 Å². The molecule has 1 saturated heterocycles. The lowest BCUT2D eigenvalue weighted by Crippen LogP contribution is -2.35.